The number of nitrogens with one attached hydrogen (secondary N) is 1. The summed E-state index contributed by atoms with van der Waals surface area (Å²) in [6.07, 6.45) is 1.45. The molecule has 1 heterocycles. The van der Waals surface area contributed by atoms with E-state index in [1.165, 1.54) is 12.3 Å². The van der Waals surface area contributed by atoms with Crippen molar-refractivity contribution in [1.29, 1.82) is 0 Å². The molecule has 112 valence electrons. The summed E-state index contributed by atoms with van der Waals surface area (Å²) in [4.78, 5) is 3.80. The van der Waals surface area contributed by atoms with Crippen LogP contribution in [0.15, 0.2) is 52.0 Å². The number of nitrogens with zero attached hydrogens (tertiary/aromatic N) is 1. The molecule has 1 aromatic heterocycles. The van der Waals surface area contributed by atoms with Crippen molar-refractivity contribution in [3.8, 4) is 0 Å². The number of rotatable bonds is 5. The molecule has 0 saturated carbocycles. The van der Waals surface area contributed by atoms with Crippen LogP contribution in [0.4, 0.5) is 0 Å². The lowest BCUT2D eigenvalue weighted by Gasteiger charge is -2.14. The molecule has 2 aromatic rings. The molecule has 7 heteroatoms. The fraction of sp³-hybridized carbons (Fsp3) is 0.214. The van der Waals surface area contributed by atoms with Crippen molar-refractivity contribution in [2.75, 3.05) is 6.54 Å². The molecule has 4 nitrogen and oxygen atoms in total. The molecule has 0 saturated heterocycles. The van der Waals surface area contributed by atoms with Gasteiger partial charge in [0.25, 0.3) is 0 Å². The summed E-state index contributed by atoms with van der Waals surface area (Å²) >= 11 is 9.05. The third-order valence-corrected chi connectivity index (χ3v) is 5.30. The number of hydrogen-bond donors (Lipinski definition) is 1. The van der Waals surface area contributed by atoms with E-state index in [9.17, 15) is 8.42 Å². The second-order valence-corrected chi connectivity index (χ2v) is 7.62. The van der Waals surface area contributed by atoms with Crippen molar-refractivity contribution in [3.63, 3.8) is 0 Å². The molecule has 0 aliphatic carbocycles. The first-order valence-electron chi connectivity index (χ1n) is 6.26. The smallest absolute Gasteiger partial charge is 0.242 e. The lowest BCUT2D eigenvalue weighted by Crippen LogP contribution is -2.28. The number of hydrogen-bond acceptors (Lipinski definition) is 3. The summed E-state index contributed by atoms with van der Waals surface area (Å²) in [6.45, 7) is 2.24. The maximum atomic E-state index is 12.3. The van der Waals surface area contributed by atoms with E-state index < -0.39 is 10.0 Å². The number of aromatic nitrogens is 1. The van der Waals surface area contributed by atoms with E-state index in [1.54, 1.807) is 0 Å². The van der Waals surface area contributed by atoms with Gasteiger partial charge in [0.2, 0.25) is 10.0 Å². The topological polar surface area (TPSA) is 59.1 Å². The third-order valence-electron chi connectivity index (χ3n) is 3.01. The van der Waals surface area contributed by atoms with Crippen LogP contribution in [0, 0.1) is 0 Å². The summed E-state index contributed by atoms with van der Waals surface area (Å²) in [5, 5.41) is -0.0435. The lowest BCUT2D eigenvalue weighted by molar-refractivity contribution is 0.574. The second kappa shape index (κ2) is 6.87. The van der Waals surface area contributed by atoms with Gasteiger partial charge in [0.1, 0.15) is 10.0 Å². The van der Waals surface area contributed by atoms with Gasteiger partial charge in [-0.05, 0) is 33.5 Å². The fourth-order valence-corrected chi connectivity index (χ4v) is 3.88. The Kier molecular flexibility index (Phi) is 5.37. The first kappa shape index (κ1) is 16.4. The standard InChI is InChI=1S/C14H14BrClN2O2S/c1-10(11-5-3-2-4-6-11)8-18-21(19,20)13-7-12(15)9-17-14(13)16/h2-7,9-10,18H,8H2,1H3. The highest BCUT2D eigenvalue weighted by Crippen LogP contribution is 2.23. The largest absolute Gasteiger partial charge is 0.243 e. The van der Waals surface area contributed by atoms with Crippen molar-refractivity contribution in [1.82, 2.24) is 9.71 Å². The van der Waals surface area contributed by atoms with Crippen LogP contribution in [-0.2, 0) is 10.0 Å². The normalized spacial score (nSPS) is 13.1. The summed E-state index contributed by atoms with van der Waals surface area (Å²) in [6, 6.07) is 11.1. The maximum absolute atomic E-state index is 12.3. The van der Waals surface area contributed by atoms with Crippen LogP contribution in [0.2, 0.25) is 5.15 Å². The highest BCUT2D eigenvalue weighted by atomic mass is 79.9. The average molecular weight is 390 g/mol. The molecule has 1 unspecified atom stereocenters. The van der Waals surface area contributed by atoms with Gasteiger partial charge in [-0.2, -0.15) is 0 Å². The van der Waals surface area contributed by atoms with E-state index >= 15 is 0 Å². The Labute approximate surface area is 137 Å². The van der Waals surface area contributed by atoms with Crippen molar-refractivity contribution in [2.24, 2.45) is 0 Å². The highest BCUT2D eigenvalue weighted by Gasteiger charge is 2.20. The zero-order valence-electron chi connectivity index (χ0n) is 11.3. The van der Waals surface area contributed by atoms with Gasteiger partial charge in [-0.25, -0.2) is 18.1 Å². The van der Waals surface area contributed by atoms with Gasteiger partial charge < -0.3 is 0 Å². The summed E-state index contributed by atoms with van der Waals surface area (Å²) in [5.74, 6) is 0.0554. The highest BCUT2D eigenvalue weighted by molar-refractivity contribution is 9.10. The molecule has 1 N–H and O–H groups in total. The van der Waals surface area contributed by atoms with E-state index in [2.05, 4.69) is 25.6 Å². The quantitative estimate of drug-likeness (QED) is 0.795. The molecule has 1 atom stereocenters. The van der Waals surface area contributed by atoms with E-state index in [1.807, 2.05) is 37.3 Å². The Morgan fingerprint density at radius 3 is 2.67 bits per heavy atom. The van der Waals surface area contributed by atoms with Gasteiger partial charge in [0.05, 0.1) is 0 Å². The average Bonchev–Trinajstić information content (AvgIpc) is 2.48. The molecule has 0 bridgehead atoms. The van der Waals surface area contributed by atoms with Gasteiger partial charge in [-0.1, -0.05) is 48.9 Å². The van der Waals surface area contributed by atoms with Gasteiger partial charge in [0.15, 0.2) is 0 Å². The zero-order chi connectivity index (χ0) is 15.5. The van der Waals surface area contributed by atoms with E-state index in [0.717, 1.165) is 5.56 Å². The molecule has 0 aliphatic rings. The molecule has 0 aliphatic heterocycles. The third kappa shape index (κ3) is 4.26. The van der Waals surface area contributed by atoms with Crippen LogP contribution in [0.5, 0.6) is 0 Å². The molecular formula is C14H14BrClN2O2S. The van der Waals surface area contributed by atoms with Crippen molar-refractivity contribution < 1.29 is 8.42 Å². The van der Waals surface area contributed by atoms with Crippen molar-refractivity contribution in [2.45, 2.75) is 17.7 Å². The number of sulfonamides is 1. The number of halogens is 2. The molecule has 0 spiro atoms. The summed E-state index contributed by atoms with van der Waals surface area (Å²) < 4.78 is 27.7. The van der Waals surface area contributed by atoms with Gasteiger partial charge in [-0.3, -0.25) is 0 Å². The van der Waals surface area contributed by atoms with E-state index in [4.69, 9.17) is 11.6 Å². The minimum absolute atomic E-state index is 0.0289. The first-order chi connectivity index (χ1) is 9.90. The Morgan fingerprint density at radius 1 is 1.33 bits per heavy atom. The van der Waals surface area contributed by atoms with E-state index in [-0.39, 0.29) is 22.5 Å². The van der Waals surface area contributed by atoms with Crippen LogP contribution in [0.3, 0.4) is 0 Å². The Hall–Kier alpha value is -0.950. The van der Waals surface area contributed by atoms with Gasteiger partial charge >= 0.3 is 0 Å². The predicted molar refractivity (Wildman–Crippen MR) is 87.0 cm³/mol. The first-order valence-corrected chi connectivity index (χ1v) is 8.91. The molecule has 21 heavy (non-hydrogen) atoms. The summed E-state index contributed by atoms with van der Waals surface area (Å²) in [5.41, 5.74) is 1.07. The molecule has 2 rings (SSSR count). The monoisotopic (exact) mass is 388 g/mol. The molecular weight excluding hydrogens is 376 g/mol. The minimum atomic E-state index is -3.69. The predicted octanol–water partition coefficient (Wildman–Crippen LogP) is 3.58. The Morgan fingerprint density at radius 2 is 2.00 bits per heavy atom. The number of pyridine rings is 1. The van der Waals surface area contributed by atoms with Crippen LogP contribution in [0.1, 0.15) is 18.4 Å². The van der Waals surface area contributed by atoms with Crippen LogP contribution in [-0.4, -0.2) is 19.9 Å². The second-order valence-electron chi connectivity index (χ2n) is 4.61. The maximum Gasteiger partial charge on any atom is 0.243 e. The van der Waals surface area contributed by atoms with Crippen LogP contribution in [0.25, 0.3) is 0 Å². The Balaban J connectivity index is 2.13. The van der Waals surface area contributed by atoms with Crippen molar-refractivity contribution >= 4 is 37.6 Å². The van der Waals surface area contributed by atoms with E-state index in [0.29, 0.717) is 4.47 Å². The van der Waals surface area contributed by atoms with Crippen molar-refractivity contribution in [3.05, 3.63) is 57.8 Å². The Bertz CT molecular complexity index is 723. The molecule has 0 amide bonds. The molecule has 0 fully saturated rings. The zero-order valence-corrected chi connectivity index (χ0v) is 14.4. The van der Waals surface area contributed by atoms with Gasteiger partial charge in [-0.15, -0.1) is 0 Å². The lowest BCUT2D eigenvalue weighted by atomic mass is 10.0. The van der Waals surface area contributed by atoms with Gasteiger partial charge in [0, 0.05) is 17.2 Å². The number of benzene rings is 1. The van der Waals surface area contributed by atoms with Crippen LogP contribution >= 0.6 is 27.5 Å². The SMILES string of the molecule is CC(CNS(=O)(=O)c1cc(Br)cnc1Cl)c1ccccc1. The molecule has 1 aromatic carbocycles. The fourth-order valence-electron chi connectivity index (χ4n) is 1.80. The summed E-state index contributed by atoms with van der Waals surface area (Å²) in [7, 11) is -3.69. The minimum Gasteiger partial charge on any atom is -0.242 e. The van der Waals surface area contributed by atoms with Crippen LogP contribution < -0.4 is 4.72 Å². The molecule has 0 radical (unpaired) electrons.